The number of carbonyl (C=O) groups is 2. The highest BCUT2D eigenvalue weighted by molar-refractivity contribution is 9.10. The van der Waals surface area contributed by atoms with Gasteiger partial charge >= 0.3 is 0 Å². The third kappa shape index (κ3) is 3.90. The Balaban J connectivity index is 2.27. The van der Waals surface area contributed by atoms with Gasteiger partial charge in [-0.25, -0.2) is 0 Å². The van der Waals surface area contributed by atoms with Crippen LogP contribution in [0.2, 0.25) is 0 Å². The summed E-state index contributed by atoms with van der Waals surface area (Å²) in [4.78, 5) is 26.0. The molecule has 0 radical (unpaired) electrons. The Bertz CT molecular complexity index is 670. The highest BCUT2D eigenvalue weighted by Crippen LogP contribution is 2.37. The topological polar surface area (TPSA) is 77.8 Å². The monoisotopic (exact) mass is 399 g/mol. The van der Waals surface area contributed by atoms with Gasteiger partial charge < -0.3 is 10.2 Å². The molecule has 0 aromatic heterocycles. The van der Waals surface area contributed by atoms with E-state index in [1.54, 1.807) is 0 Å². The zero-order chi connectivity index (χ0) is 17.1. The quantitative estimate of drug-likeness (QED) is 0.720. The summed E-state index contributed by atoms with van der Waals surface area (Å²) >= 11 is 4.03. The molecule has 0 unspecified atom stereocenters. The molecule has 0 atom stereocenters. The van der Waals surface area contributed by atoms with Gasteiger partial charge in [-0.15, -0.1) is 0 Å². The molecule has 2 N–H and O–H groups in total. The maximum atomic E-state index is 12.4. The summed E-state index contributed by atoms with van der Waals surface area (Å²) < 4.78 is 0.401. The van der Waals surface area contributed by atoms with Crippen molar-refractivity contribution in [2.45, 2.75) is 26.7 Å². The molecule has 0 bridgehead atoms. The molecule has 0 spiro atoms. The minimum absolute atomic E-state index is 0.0958. The van der Waals surface area contributed by atoms with E-state index < -0.39 is 0 Å². The standard InChI is InChI=1S/C16H18BrNO4S/c1-3-9(4-2)8-18-15(21)14(23-16(18)22)6-10-5-11(17)13(20)7-12(10)19/h5-7,9,19-20H,3-4,8H2,1-2H3/b14-6-. The molecule has 1 aliphatic rings. The minimum Gasteiger partial charge on any atom is -0.507 e. The molecule has 7 heteroatoms. The lowest BCUT2D eigenvalue weighted by molar-refractivity contribution is -0.123. The second-order valence-electron chi connectivity index (χ2n) is 5.34. The predicted molar refractivity (Wildman–Crippen MR) is 94.2 cm³/mol. The highest BCUT2D eigenvalue weighted by Gasteiger charge is 2.36. The van der Waals surface area contributed by atoms with E-state index in [1.165, 1.54) is 23.1 Å². The van der Waals surface area contributed by atoms with Crippen LogP contribution in [0.25, 0.3) is 6.08 Å². The molecule has 1 saturated heterocycles. The second-order valence-corrected chi connectivity index (χ2v) is 7.18. The van der Waals surface area contributed by atoms with Gasteiger partial charge in [0.15, 0.2) is 0 Å². The second kappa shape index (κ2) is 7.40. The van der Waals surface area contributed by atoms with Gasteiger partial charge in [-0.1, -0.05) is 26.7 Å². The molecule has 1 heterocycles. The Labute approximate surface area is 147 Å². The van der Waals surface area contributed by atoms with Gasteiger partial charge in [-0.2, -0.15) is 0 Å². The van der Waals surface area contributed by atoms with Crippen LogP contribution in [0.5, 0.6) is 11.5 Å². The molecule has 1 fully saturated rings. The Morgan fingerprint density at radius 2 is 1.87 bits per heavy atom. The highest BCUT2D eigenvalue weighted by atomic mass is 79.9. The molecule has 1 aromatic rings. The fourth-order valence-corrected chi connectivity index (χ4v) is 3.49. The predicted octanol–water partition coefficient (Wildman–Crippen LogP) is 4.33. The first-order valence-electron chi connectivity index (χ1n) is 7.34. The molecular formula is C16H18BrNO4S. The molecule has 1 aromatic carbocycles. The van der Waals surface area contributed by atoms with Gasteiger partial charge in [0.25, 0.3) is 11.1 Å². The lowest BCUT2D eigenvalue weighted by Crippen LogP contribution is -2.33. The molecule has 0 saturated carbocycles. The number of nitrogens with zero attached hydrogens (tertiary/aromatic N) is 1. The van der Waals surface area contributed by atoms with Gasteiger partial charge in [0.2, 0.25) is 0 Å². The van der Waals surface area contributed by atoms with E-state index in [4.69, 9.17) is 0 Å². The number of hydrogen-bond donors (Lipinski definition) is 2. The number of amides is 2. The molecule has 2 rings (SSSR count). The lowest BCUT2D eigenvalue weighted by Gasteiger charge is -2.19. The first-order chi connectivity index (χ1) is 10.9. The van der Waals surface area contributed by atoms with Gasteiger partial charge in [-0.05, 0) is 45.8 Å². The summed E-state index contributed by atoms with van der Waals surface area (Å²) in [6.45, 7) is 4.49. The lowest BCUT2D eigenvalue weighted by atomic mass is 10.0. The Morgan fingerprint density at radius 3 is 2.48 bits per heavy atom. The van der Waals surface area contributed by atoms with Crippen LogP contribution in [0.3, 0.4) is 0 Å². The van der Waals surface area contributed by atoms with Crippen LogP contribution in [0.4, 0.5) is 4.79 Å². The van der Waals surface area contributed by atoms with Crippen LogP contribution in [-0.4, -0.2) is 32.8 Å². The molecule has 0 aliphatic carbocycles. The van der Waals surface area contributed by atoms with E-state index in [0.29, 0.717) is 22.5 Å². The number of hydrogen-bond acceptors (Lipinski definition) is 5. The van der Waals surface area contributed by atoms with Crippen molar-refractivity contribution in [2.75, 3.05) is 6.54 Å². The summed E-state index contributed by atoms with van der Waals surface area (Å²) in [6.07, 6.45) is 3.28. The SMILES string of the molecule is CCC(CC)CN1C(=O)S/C(=C\c2cc(Br)c(O)cc2O)C1=O. The average molecular weight is 400 g/mol. The van der Waals surface area contributed by atoms with Gasteiger partial charge in [0, 0.05) is 18.2 Å². The smallest absolute Gasteiger partial charge is 0.293 e. The van der Waals surface area contributed by atoms with Crippen molar-refractivity contribution >= 4 is 44.9 Å². The summed E-state index contributed by atoms with van der Waals surface area (Å²) in [5.74, 6) is -0.298. The zero-order valence-electron chi connectivity index (χ0n) is 12.9. The third-order valence-corrected chi connectivity index (χ3v) is 5.39. The van der Waals surface area contributed by atoms with Crippen molar-refractivity contribution in [1.29, 1.82) is 0 Å². The molecule has 2 amide bonds. The summed E-state index contributed by atoms with van der Waals surface area (Å²) in [5, 5.41) is 19.1. The number of aromatic hydroxyl groups is 2. The van der Waals surface area contributed by atoms with Crippen molar-refractivity contribution in [1.82, 2.24) is 4.90 Å². The summed E-state index contributed by atoms with van der Waals surface area (Å²) in [5.41, 5.74) is 0.364. The van der Waals surface area contributed by atoms with Crippen LogP contribution in [0, 0.1) is 5.92 Å². The van der Waals surface area contributed by atoms with Gasteiger partial charge in [-0.3, -0.25) is 14.5 Å². The third-order valence-electron chi connectivity index (χ3n) is 3.85. The Kier molecular flexibility index (Phi) is 5.75. The number of rotatable bonds is 5. The van der Waals surface area contributed by atoms with Crippen LogP contribution in [0.1, 0.15) is 32.3 Å². The summed E-state index contributed by atoms with van der Waals surface area (Å²) in [7, 11) is 0. The van der Waals surface area contributed by atoms with E-state index in [1.807, 2.05) is 13.8 Å². The number of benzene rings is 1. The number of phenolic OH excluding ortho intramolecular Hbond substituents is 2. The maximum Gasteiger partial charge on any atom is 0.293 e. The number of phenols is 2. The van der Waals surface area contributed by atoms with E-state index in [2.05, 4.69) is 15.9 Å². The molecular weight excluding hydrogens is 382 g/mol. The van der Waals surface area contributed by atoms with Gasteiger partial charge in [0.1, 0.15) is 11.5 Å². The normalized spacial score (nSPS) is 16.9. The van der Waals surface area contributed by atoms with Crippen LogP contribution in [-0.2, 0) is 4.79 Å². The van der Waals surface area contributed by atoms with Crippen molar-refractivity contribution in [3.63, 3.8) is 0 Å². The van der Waals surface area contributed by atoms with Crippen LogP contribution >= 0.6 is 27.7 Å². The number of thioether (sulfide) groups is 1. The fraction of sp³-hybridized carbons (Fsp3) is 0.375. The average Bonchev–Trinajstić information content (AvgIpc) is 2.77. The number of carbonyl (C=O) groups excluding carboxylic acids is 2. The Morgan fingerprint density at radius 1 is 1.22 bits per heavy atom. The largest absolute Gasteiger partial charge is 0.507 e. The van der Waals surface area contributed by atoms with Crippen molar-refractivity contribution < 1.29 is 19.8 Å². The van der Waals surface area contributed by atoms with E-state index >= 15 is 0 Å². The minimum atomic E-state index is -0.338. The Hall–Kier alpha value is -1.47. The van der Waals surface area contributed by atoms with Crippen molar-refractivity contribution in [3.05, 3.63) is 27.1 Å². The maximum absolute atomic E-state index is 12.4. The number of imide groups is 1. The van der Waals surface area contributed by atoms with Crippen molar-refractivity contribution in [2.24, 2.45) is 5.92 Å². The summed E-state index contributed by atoms with van der Waals surface area (Å²) in [6, 6.07) is 2.68. The van der Waals surface area contributed by atoms with Crippen LogP contribution < -0.4 is 0 Å². The molecule has 124 valence electrons. The van der Waals surface area contributed by atoms with Crippen LogP contribution in [0.15, 0.2) is 21.5 Å². The molecule has 23 heavy (non-hydrogen) atoms. The fourth-order valence-electron chi connectivity index (χ4n) is 2.29. The van der Waals surface area contributed by atoms with Gasteiger partial charge in [0.05, 0.1) is 9.38 Å². The van der Waals surface area contributed by atoms with E-state index in [0.717, 1.165) is 24.6 Å². The van der Waals surface area contributed by atoms with E-state index in [9.17, 15) is 19.8 Å². The number of halogens is 1. The zero-order valence-corrected chi connectivity index (χ0v) is 15.3. The molecule has 5 nitrogen and oxygen atoms in total. The molecule has 1 aliphatic heterocycles. The van der Waals surface area contributed by atoms with Crippen molar-refractivity contribution in [3.8, 4) is 11.5 Å². The van der Waals surface area contributed by atoms with E-state index in [-0.39, 0.29) is 27.6 Å². The first kappa shape index (κ1) is 17.9. The first-order valence-corrected chi connectivity index (χ1v) is 8.95.